The molecule has 3 heterocycles. The van der Waals surface area contributed by atoms with Gasteiger partial charge >= 0.3 is 0 Å². The van der Waals surface area contributed by atoms with Crippen LogP contribution in [-0.4, -0.2) is 52.9 Å². The Morgan fingerprint density at radius 1 is 1.10 bits per heavy atom. The van der Waals surface area contributed by atoms with Crippen LogP contribution in [0.15, 0.2) is 53.1 Å². The first-order valence-electron chi connectivity index (χ1n) is 9.55. The Labute approximate surface area is 183 Å². The van der Waals surface area contributed by atoms with Crippen LogP contribution in [0.2, 0.25) is 5.02 Å². The van der Waals surface area contributed by atoms with Gasteiger partial charge in [-0.2, -0.15) is 0 Å². The molecule has 4 rings (SSSR count). The van der Waals surface area contributed by atoms with Gasteiger partial charge in [-0.1, -0.05) is 35.0 Å². The number of hydrogen-bond donors (Lipinski definition) is 0. The zero-order chi connectivity index (χ0) is 21.1. The van der Waals surface area contributed by atoms with Crippen molar-refractivity contribution >= 4 is 40.8 Å². The number of aromatic nitrogens is 1. The molecular weight excluding hydrogens is 422 g/mol. The van der Waals surface area contributed by atoms with E-state index in [1.165, 1.54) is 0 Å². The number of halogens is 1. The van der Waals surface area contributed by atoms with Gasteiger partial charge in [0.25, 0.3) is 5.91 Å². The molecule has 1 aliphatic rings. The van der Waals surface area contributed by atoms with Crippen molar-refractivity contribution in [3.05, 3.63) is 69.9 Å². The lowest BCUT2D eigenvalue weighted by Crippen LogP contribution is -2.50. The average molecular weight is 442 g/mol. The van der Waals surface area contributed by atoms with Gasteiger partial charge in [0.1, 0.15) is 0 Å². The minimum Gasteiger partial charge on any atom is -0.351 e. The van der Waals surface area contributed by atoms with Gasteiger partial charge in [-0.3, -0.25) is 9.59 Å². The Balaban J connectivity index is 1.33. The lowest BCUT2D eigenvalue weighted by atomic mass is 10.2. The number of aryl methyl sites for hydroxylation is 1. The number of thiophene rings is 1. The molecule has 2 aromatic heterocycles. The molecule has 1 fully saturated rings. The van der Waals surface area contributed by atoms with Crippen LogP contribution in [0.1, 0.15) is 21.1 Å². The van der Waals surface area contributed by atoms with Crippen molar-refractivity contribution in [1.29, 1.82) is 0 Å². The molecule has 154 valence electrons. The second-order valence-corrected chi connectivity index (χ2v) is 8.49. The average Bonchev–Trinajstić information content (AvgIpc) is 3.41. The van der Waals surface area contributed by atoms with Gasteiger partial charge in [-0.25, -0.2) is 0 Å². The molecule has 1 aromatic carbocycles. The van der Waals surface area contributed by atoms with E-state index in [2.05, 4.69) is 5.16 Å². The van der Waals surface area contributed by atoms with E-state index in [9.17, 15) is 9.59 Å². The number of nitrogens with zero attached hydrogens (tertiary/aromatic N) is 3. The third-order valence-corrected chi connectivity index (χ3v) is 6.29. The van der Waals surface area contributed by atoms with E-state index in [-0.39, 0.29) is 17.6 Å². The lowest BCUT2D eigenvalue weighted by molar-refractivity contribution is -0.127. The van der Waals surface area contributed by atoms with E-state index in [0.717, 1.165) is 15.3 Å². The van der Waals surface area contributed by atoms with Gasteiger partial charge in [-0.05, 0) is 31.2 Å². The number of carbonyl (C=O) groups is 2. The maximum absolute atomic E-state index is 12.5. The van der Waals surface area contributed by atoms with Crippen LogP contribution in [0, 0.1) is 6.92 Å². The second-order valence-electron chi connectivity index (χ2n) is 6.97. The smallest absolute Gasteiger partial charge is 0.292 e. The predicted octanol–water partition coefficient (Wildman–Crippen LogP) is 4.36. The fraction of sp³-hybridized carbons (Fsp3) is 0.227. The van der Waals surface area contributed by atoms with Crippen LogP contribution in [-0.2, 0) is 4.79 Å². The summed E-state index contributed by atoms with van der Waals surface area (Å²) >= 11 is 7.84. The largest absolute Gasteiger partial charge is 0.351 e. The molecule has 1 saturated heterocycles. The first kappa shape index (κ1) is 20.4. The highest BCUT2D eigenvalue weighted by atomic mass is 35.5. The molecule has 0 atom stereocenters. The Bertz CT molecular complexity index is 1100. The zero-order valence-electron chi connectivity index (χ0n) is 16.4. The molecule has 0 aliphatic carbocycles. The number of rotatable bonds is 4. The SMILES string of the molecule is Cc1cc(C(=O)N2CCN(C(=O)/C=C/c3ccc(-c4ccccc4Cl)s3)CC2)on1. The van der Waals surface area contributed by atoms with Crippen molar-refractivity contribution < 1.29 is 14.1 Å². The van der Waals surface area contributed by atoms with Gasteiger partial charge in [0.15, 0.2) is 0 Å². The number of amides is 2. The molecule has 0 spiro atoms. The molecule has 1 aliphatic heterocycles. The molecule has 0 unspecified atom stereocenters. The first-order valence-corrected chi connectivity index (χ1v) is 10.7. The molecule has 0 N–H and O–H groups in total. The fourth-order valence-corrected chi connectivity index (χ4v) is 4.50. The molecule has 30 heavy (non-hydrogen) atoms. The van der Waals surface area contributed by atoms with Crippen molar-refractivity contribution in [1.82, 2.24) is 15.0 Å². The first-order chi connectivity index (χ1) is 14.5. The highest BCUT2D eigenvalue weighted by molar-refractivity contribution is 7.16. The van der Waals surface area contributed by atoms with E-state index in [1.54, 1.807) is 40.2 Å². The summed E-state index contributed by atoms with van der Waals surface area (Å²) in [6, 6.07) is 13.3. The van der Waals surface area contributed by atoms with Crippen LogP contribution < -0.4 is 0 Å². The standard InChI is InChI=1S/C22H20ClN3O3S/c1-15-14-19(29-24-15)22(28)26-12-10-25(11-13-26)21(27)9-7-16-6-8-20(30-16)17-4-2-3-5-18(17)23/h2-9,14H,10-13H2,1H3/b9-7+. The van der Waals surface area contributed by atoms with Crippen molar-refractivity contribution in [3.8, 4) is 10.4 Å². The summed E-state index contributed by atoms with van der Waals surface area (Å²) in [5.41, 5.74) is 1.65. The minimum absolute atomic E-state index is 0.0645. The van der Waals surface area contributed by atoms with E-state index in [4.69, 9.17) is 16.1 Å². The van der Waals surface area contributed by atoms with Crippen LogP contribution in [0.25, 0.3) is 16.5 Å². The van der Waals surface area contributed by atoms with Crippen molar-refractivity contribution in [3.63, 3.8) is 0 Å². The van der Waals surface area contributed by atoms with Crippen molar-refractivity contribution in [2.45, 2.75) is 6.92 Å². The van der Waals surface area contributed by atoms with Crippen molar-refractivity contribution in [2.75, 3.05) is 26.2 Å². The number of benzene rings is 1. The molecule has 3 aromatic rings. The maximum atomic E-state index is 12.5. The Hall–Kier alpha value is -2.90. The molecule has 2 amide bonds. The van der Waals surface area contributed by atoms with Crippen LogP contribution in [0.3, 0.4) is 0 Å². The highest BCUT2D eigenvalue weighted by Gasteiger charge is 2.26. The second kappa shape index (κ2) is 8.85. The highest BCUT2D eigenvalue weighted by Crippen LogP contribution is 2.33. The molecule has 0 radical (unpaired) electrons. The summed E-state index contributed by atoms with van der Waals surface area (Å²) in [4.78, 5) is 30.4. The molecule has 6 nitrogen and oxygen atoms in total. The quantitative estimate of drug-likeness (QED) is 0.564. The fourth-order valence-electron chi connectivity index (χ4n) is 3.26. The molecular formula is C22H20ClN3O3S. The van der Waals surface area contributed by atoms with E-state index >= 15 is 0 Å². The van der Waals surface area contributed by atoms with Gasteiger partial charge in [0.2, 0.25) is 11.7 Å². The summed E-state index contributed by atoms with van der Waals surface area (Å²) < 4.78 is 5.04. The Kier molecular flexibility index (Phi) is 6.01. The van der Waals surface area contributed by atoms with Crippen LogP contribution >= 0.6 is 22.9 Å². The summed E-state index contributed by atoms with van der Waals surface area (Å²) in [5, 5.41) is 4.46. The number of piperazine rings is 1. The zero-order valence-corrected chi connectivity index (χ0v) is 17.9. The Morgan fingerprint density at radius 2 is 1.83 bits per heavy atom. The molecule has 0 bridgehead atoms. The Morgan fingerprint density at radius 3 is 2.53 bits per heavy atom. The van der Waals surface area contributed by atoms with E-state index in [0.29, 0.717) is 36.9 Å². The molecule has 0 saturated carbocycles. The van der Waals surface area contributed by atoms with Gasteiger partial charge < -0.3 is 14.3 Å². The van der Waals surface area contributed by atoms with Gasteiger partial charge in [-0.15, -0.1) is 11.3 Å². The maximum Gasteiger partial charge on any atom is 0.292 e. The summed E-state index contributed by atoms with van der Waals surface area (Å²) in [7, 11) is 0. The third-order valence-electron chi connectivity index (χ3n) is 4.87. The normalized spacial score (nSPS) is 14.5. The number of carbonyl (C=O) groups excluding carboxylic acids is 2. The van der Waals surface area contributed by atoms with Crippen molar-refractivity contribution in [2.24, 2.45) is 0 Å². The molecule has 8 heteroatoms. The van der Waals surface area contributed by atoms with Crippen LogP contribution in [0.4, 0.5) is 0 Å². The topological polar surface area (TPSA) is 66.7 Å². The minimum atomic E-state index is -0.191. The predicted molar refractivity (Wildman–Crippen MR) is 118 cm³/mol. The summed E-state index contributed by atoms with van der Waals surface area (Å²) in [5.74, 6) is -0.0200. The monoisotopic (exact) mass is 441 g/mol. The lowest BCUT2D eigenvalue weighted by Gasteiger charge is -2.33. The van der Waals surface area contributed by atoms with Gasteiger partial charge in [0.05, 0.1) is 5.69 Å². The third kappa shape index (κ3) is 4.47. The van der Waals surface area contributed by atoms with E-state index < -0.39 is 0 Å². The number of hydrogen-bond acceptors (Lipinski definition) is 5. The summed E-state index contributed by atoms with van der Waals surface area (Å²) in [6.45, 7) is 3.67. The summed E-state index contributed by atoms with van der Waals surface area (Å²) in [6.07, 6.45) is 3.40. The van der Waals surface area contributed by atoms with Crippen LogP contribution in [0.5, 0.6) is 0 Å². The van der Waals surface area contributed by atoms with E-state index in [1.807, 2.05) is 42.5 Å². The van der Waals surface area contributed by atoms with Gasteiger partial charge in [0, 0.05) is 58.7 Å².